The number of aryl methyl sites for hydroxylation is 1. The summed E-state index contributed by atoms with van der Waals surface area (Å²) in [5.74, 6) is 0.535. The molecule has 2 atom stereocenters. The molecule has 0 unspecified atom stereocenters. The van der Waals surface area contributed by atoms with Gasteiger partial charge in [-0.2, -0.15) is 0 Å². The Morgan fingerprint density at radius 1 is 1.24 bits per heavy atom. The van der Waals surface area contributed by atoms with Crippen LogP contribution in [0.5, 0.6) is 0 Å². The minimum atomic E-state index is 0.0203. The highest BCUT2D eigenvalue weighted by Gasteiger charge is 2.37. The van der Waals surface area contributed by atoms with E-state index in [0.29, 0.717) is 42.7 Å². The molecule has 5 heterocycles. The number of hydrogen-bond donors (Lipinski definition) is 0. The molecule has 0 aromatic carbocycles. The van der Waals surface area contributed by atoms with Crippen molar-refractivity contribution >= 4 is 17.4 Å². The number of hydrogen-bond acceptors (Lipinski definition) is 7. The molecule has 0 aliphatic carbocycles. The molecule has 2 saturated heterocycles. The van der Waals surface area contributed by atoms with E-state index in [2.05, 4.69) is 20.6 Å². The number of likely N-dealkylation sites (tertiary alicyclic amines) is 1. The minimum Gasteiger partial charge on any atom is -0.379 e. The van der Waals surface area contributed by atoms with Crippen LogP contribution in [-0.2, 0) is 17.8 Å². The van der Waals surface area contributed by atoms with Crippen LogP contribution in [0.15, 0.2) is 16.9 Å². The summed E-state index contributed by atoms with van der Waals surface area (Å²) in [6.45, 7) is 7.73. The van der Waals surface area contributed by atoms with Crippen LogP contribution in [0.2, 0.25) is 0 Å². The maximum atomic E-state index is 13.2. The number of morpholine rings is 1. The van der Waals surface area contributed by atoms with Crippen molar-refractivity contribution < 1.29 is 9.53 Å². The standard InChI is InChI=1S/C20H25N5O3S/c1-13-18(29-22-21-13)20(27)24-9-14-8-16(12-24)17-3-2-15(19(26)25(17)10-14)11-23-4-6-28-7-5-23/h2-3,14,16H,4-12H2,1H3/t14-,16+/m0/s1. The van der Waals surface area contributed by atoms with Crippen molar-refractivity contribution in [2.24, 2.45) is 5.92 Å². The summed E-state index contributed by atoms with van der Waals surface area (Å²) < 4.78 is 11.3. The van der Waals surface area contributed by atoms with Crippen LogP contribution < -0.4 is 5.56 Å². The van der Waals surface area contributed by atoms with Gasteiger partial charge in [-0.25, -0.2) is 0 Å². The zero-order valence-electron chi connectivity index (χ0n) is 16.5. The number of ether oxygens (including phenoxy) is 1. The number of fused-ring (bicyclic) bond motifs is 4. The van der Waals surface area contributed by atoms with E-state index >= 15 is 0 Å². The van der Waals surface area contributed by atoms with Crippen LogP contribution in [0.1, 0.15) is 39.0 Å². The molecular weight excluding hydrogens is 390 g/mol. The smallest absolute Gasteiger partial charge is 0.267 e. The predicted octanol–water partition coefficient (Wildman–Crippen LogP) is 1.10. The average molecular weight is 416 g/mol. The summed E-state index contributed by atoms with van der Waals surface area (Å²) in [5.41, 5.74) is 2.75. The van der Waals surface area contributed by atoms with E-state index in [0.717, 1.165) is 55.5 Å². The van der Waals surface area contributed by atoms with Gasteiger partial charge in [-0.15, -0.1) is 5.10 Å². The van der Waals surface area contributed by atoms with Gasteiger partial charge in [0.25, 0.3) is 11.5 Å². The summed E-state index contributed by atoms with van der Waals surface area (Å²) >= 11 is 1.16. The van der Waals surface area contributed by atoms with Crippen LogP contribution >= 0.6 is 11.5 Å². The Hall–Kier alpha value is -2.10. The lowest BCUT2D eigenvalue weighted by atomic mass is 9.83. The Morgan fingerprint density at radius 3 is 2.83 bits per heavy atom. The molecule has 3 aliphatic heterocycles. The van der Waals surface area contributed by atoms with Gasteiger partial charge >= 0.3 is 0 Å². The lowest BCUT2D eigenvalue weighted by Gasteiger charge is -2.42. The van der Waals surface area contributed by atoms with Crippen molar-refractivity contribution in [3.63, 3.8) is 0 Å². The maximum absolute atomic E-state index is 13.2. The number of pyridine rings is 1. The van der Waals surface area contributed by atoms with E-state index in [9.17, 15) is 9.59 Å². The summed E-state index contributed by atoms with van der Waals surface area (Å²) in [7, 11) is 0. The highest BCUT2D eigenvalue weighted by atomic mass is 32.1. The van der Waals surface area contributed by atoms with Crippen LogP contribution in [0, 0.1) is 12.8 Å². The monoisotopic (exact) mass is 415 g/mol. The number of carbonyl (C=O) groups excluding carboxylic acids is 1. The fourth-order valence-corrected chi connectivity index (χ4v) is 5.47. The van der Waals surface area contributed by atoms with Gasteiger partial charge in [0.15, 0.2) is 0 Å². The average Bonchev–Trinajstić information content (AvgIpc) is 3.16. The highest BCUT2D eigenvalue weighted by Crippen LogP contribution is 2.36. The second kappa shape index (κ2) is 7.62. The third-order valence-electron chi connectivity index (χ3n) is 6.31. The third-order valence-corrected chi connectivity index (χ3v) is 7.13. The quantitative estimate of drug-likeness (QED) is 0.747. The number of aromatic nitrogens is 3. The number of carbonyl (C=O) groups is 1. The Kier molecular flexibility index (Phi) is 4.97. The number of rotatable bonds is 3. The van der Waals surface area contributed by atoms with E-state index in [1.807, 2.05) is 22.5 Å². The summed E-state index contributed by atoms with van der Waals surface area (Å²) in [6, 6.07) is 4.09. The van der Waals surface area contributed by atoms with Gasteiger partial charge in [0.05, 0.1) is 18.9 Å². The zero-order chi connectivity index (χ0) is 20.0. The summed E-state index contributed by atoms with van der Waals surface area (Å²) in [4.78, 5) is 30.9. The van der Waals surface area contributed by atoms with E-state index in [-0.39, 0.29) is 17.4 Å². The molecule has 2 bridgehead atoms. The maximum Gasteiger partial charge on any atom is 0.267 e. The van der Waals surface area contributed by atoms with Gasteiger partial charge in [-0.05, 0) is 36.9 Å². The zero-order valence-corrected chi connectivity index (χ0v) is 17.4. The van der Waals surface area contributed by atoms with Crippen molar-refractivity contribution in [1.29, 1.82) is 0 Å². The molecule has 5 rings (SSSR count). The third kappa shape index (κ3) is 3.51. The summed E-state index contributed by atoms with van der Waals surface area (Å²) in [5, 5.41) is 3.97. The van der Waals surface area contributed by atoms with Crippen molar-refractivity contribution in [1.82, 2.24) is 24.0 Å². The fourth-order valence-electron chi connectivity index (χ4n) is 4.85. The van der Waals surface area contributed by atoms with Crippen molar-refractivity contribution in [2.45, 2.75) is 32.4 Å². The fraction of sp³-hybridized carbons (Fsp3) is 0.600. The van der Waals surface area contributed by atoms with Crippen molar-refractivity contribution in [3.8, 4) is 0 Å². The van der Waals surface area contributed by atoms with Crippen LogP contribution in [0.3, 0.4) is 0 Å². The second-order valence-electron chi connectivity index (χ2n) is 8.28. The Morgan fingerprint density at radius 2 is 2.07 bits per heavy atom. The van der Waals surface area contributed by atoms with Crippen LogP contribution in [-0.4, -0.2) is 69.3 Å². The molecule has 0 spiro atoms. The lowest BCUT2D eigenvalue weighted by Crippen LogP contribution is -2.49. The molecular formula is C20H25N5O3S. The molecule has 2 fully saturated rings. The van der Waals surface area contributed by atoms with Gasteiger partial charge in [-0.3, -0.25) is 14.5 Å². The largest absolute Gasteiger partial charge is 0.379 e. The molecule has 1 amide bonds. The second-order valence-corrected chi connectivity index (χ2v) is 9.04. The van der Waals surface area contributed by atoms with E-state index in [1.54, 1.807) is 0 Å². The highest BCUT2D eigenvalue weighted by molar-refractivity contribution is 7.07. The normalized spacial score (nSPS) is 24.4. The molecule has 8 nitrogen and oxygen atoms in total. The predicted molar refractivity (Wildman–Crippen MR) is 108 cm³/mol. The van der Waals surface area contributed by atoms with Crippen molar-refractivity contribution in [3.05, 3.63) is 44.3 Å². The summed E-state index contributed by atoms with van der Waals surface area (Å²) in [6.07, 6.45) is 1.03. The SMILES string of the molecule is Cc1nnsc1C(=O)N1C[C@@H]2C[C@H](C1)c1ccc(CN3CCOCC3)c(=O)n1C2. The topological polar surface area (TPSA) is 80.6 Å². The van der Waals surface area contributed by atoms with Gasteiger partial charge in [0.2, 0.25) is 0 Å². The van der Waals surface area contributed by atoms with Gasteiger partial charge in [0.1, 0.15) is 4.88 Å². The van der Waals surface area contributed by atoms with Gasteiger partial charge in [-0.1, -0.05) is 10.6 Å². The Labute approximate surface area is 173 Å². The molecule has 3 aliphatic rings. The Balaban J connectivity index is 1.38. The first-order chi connectivity index (χ1) is 14.1. The van der Waals surface area contributed by atoms with E-state index in [1.165, 1.54) is 0 Å². The van der Waals surface area contributed by atoms with Crippen LogP contribution in [0.4, 0.5) is 0 Å². The molecule has 0 radical (unpaired) electrons. The molecule has 154 valence electrons. The van der Waals surface area contributed by atoms with Crippen LogP contribution in [0.25, 0.3) is 0 Å². The minimum absolute atomic E-state index is 0.0203. The van der Waals surface area contributed by atoms with E-state index in [4.69, 9.17) is 4.74 Å². The molecule has 9 heteroatoms. The Bertz CT molecular complexity index is 981. The van der Waals surface area contributed by atoms with Crippen molar-refractivity contribution in [2.75, 3.05) is 39.4 Å². The molecule has 0 saturated carbocycles. The van der Waals surface area contributed by atoms with Gasteiger partial charge < -0.3 is 14.2 Å². The number of amides is 1. The number of piperidine rings is 1. The molecule has 0 N–H and O–H groups in total. The number of nitrogens with zero attached hydrogens (tertiary/aromatic N) is 5. The first kappa shape index (κ1) is 18.9. The first-order valence-electron chi connectivity index (χ1n) is 10.2. The molecule has 29 heavy (non-hydrogen) atoms. The first-order valence-corrected chi connectivity index (χ1v) is 11.0. The molecule has 2 aromatic rings. The lowest BCUT2D eigenvalue weighted by molar-refractivity contribution is 0.0338. The van der Waals surface area contributed by atoms with Gasteiger partial charge in [0, 0.05) is 56.4 Å². The van der Waals surface area contributed by atoms with E-state index < -0.39 is 0 Å². The molecule has 2 aromatic heterocycles.